The summed E-state index contributed by atoms with van der Waals surface area (Å²) < 4.78 is 11.8. The molecular weight excluding hydrogens is 332 g/mol. The van der Waals surface area contributed by atoms with Crippen LogP contribution in [0.1, 0.15) is 12.0 Å². The SMILES string of the molecule is COc1cc(Br)c(CCCN2CCN(C)CC2)cc1OC. The van der Waals surface area contributed by atoms with Gasteiger partial charge in [0, 0.05) is 30.7 Å². The molecule has 0 unspecified atom stereocenters. The second kappa shape index (κ2) is 8.01. The Morgan fingerprint density at radius 3 is 2.29 bits per heavy atom. The van der Waals surface area contributed by atoms with Crippen LogP contribution in [0.25, 0.3) is 0 Å². The third-order valence-corrected chi connectivity index (χ3v) is 4.81. The molecule has 4 nitrogen and oxygen atoms in total. The van der Waals surface area contributed by atoms with Crippen LogP contribution in [0.2, 0.25) is 0 Å². The molecule has 118 valence electrons. The van der Waals surface area contributed by atoms with Crippen LogP contribution in [0.4, 0.5) is 0 Å². The summed E-state index contributed by atoms with van der Waals surface area (Å²) in [7, 11) is 5.54. The normalized spacial score (nSPS) is 17.0. The zero-order chi connectivity index (χ0) is 15.2. The van der Waals surface area contributed by atoms with Crippen molar-refractivity contribution >= 4 is 15.9 Å². The van der Waals surface area contributed by atoms with Crippen LogP contribution in [-0.2, 0) is 6.42 Å². The second-order valence-electron chi connectivity index (χ2n) is 5.55. The molecule has 0 atom stereocenters. The summed E-state index contributed by atoms with van der Waals surface area (Å²) in [5, 5.41) is 0. The molecule has 1 heterocycles. The highest BCUT2D eigenvalue weighted by molar-refractivity contribution is 9.10. The van der Waals surface area contributed by atoms with E-state index in [-0.39, 0.29) is 0 Å². The van der Waals surface area contributed by atoms with Gasteiger partial charge >= 0.3 is 0 Å². The summed E-state index contributed by atoms with van der Waals surface area (Å²) in [5.41, 5.74) is 1.28. The Hall–Kier alpha value is -0.780. The lowest BCUT2D eigenvalue weighted by atomic mass is 10.1. The average Bonchev–Trinajstić information content (AvgIpc) is 2.50. The van der Waals surface area contributed by atoms with E-state index in [2.05, 4.69) is 38.8 Å². The van der Waals surface area contributed by atoms with Gasteiger partial charge in [-0.25, -0.2) is 0 Å². The number of hydrogen-bond donors (Lipinski definition) is 0. The molecule has 0 saturated carbocycles. The molecule has 1 aliphatic heterocycles. The number of benzene rings is 1. The van der Waals surface area contributed by atoms with Crippen molar-refractivity contribution in [3.05, 3.63) is 22.2 Å². The van der Waals surface area contributed by atoms with Gasteiger partial charge in [-0.05, 0) is 44.1 Å². The van der Waals surface area contributed by atoms with Crippen molar-refractivity contribution < 1.29 is 9.47 Å². The number of hydrogen-bond acceptors (Lipinski definition) is 4. The molecule has 2 rings (SSSR count). The maximum atomic E-state index is 5.38. The summed E-state index contributed by atoms with van der Waals surface area (Å²) in [4.78, 5) is 4.94. The van der Waals surface area contributed by atoms with E-state index in [4.69, 9.17) is 9.47 Å². The molecule has 1 aromatic rings. The lowest BCUT2D eigenvalue weighted by Crippen LogP contribution is -2.44. The Morgan fingerprint density at radius 1 is 1.05 bits per heavy atom. The van der Waals surface area contributed by atoms with Gasteiger partial charge < -0.3 is 19.3 Å². The second-order valence-corrected chi connectivity index (χ2v) is 6.40. The number of methoxy groups -OCH3 is 2. The topological polar surface area (TPSA) is 24.9 Å². The first-order chi connectivity index (χ1) is 10.1. The zero-order valence-electron chi connectivity index (χ0n) is 13.2. The van der Waals surface area contributed by atoms with Gasteiger partial charge in [-0.3, -0.25) is 0 Å². The van der Waals surface area contributed by atoms with Crippen LogP contribution < -0.4 is 9.47 Å². The fourth-order valence-corrected chi connectivity index (χ4v) is 3.17. The van der Waals surface area contributed by atoms with Crippen molar-refractivity contribution in [1.29, 1.82) is 0 Å². The van der Waals surface area contributed by atoms with Crippen LogP contribution >= 0.6 is 15.9 Å². The van der Waals surface area contributed by atoms with Gasteiger partial charge in [0.15, 0.2) is 11.5 Å². The molecule has 0 aliphatic carbocycles. The third-order valence-electron chi connectivity index (χ3n) is 4.07. The lowest BCUT2D eigenvalue weighted by Gasteiger charge is -2.32. The highest BCUT2D eigenvalue weighted by Crippen LogP contribution is 2.33. The summed E-state index contributed by atoms with van der Waals surface area (Å²) in [6.45, 7) is 5.89. The molecular formula is C16H25BrN2O2. The van der Waals surface area contributed by atoms with Crippen molar-refractivity contribution in [2.45, 2.75) is 12.8 Å². The lowest BCUT2D eigenvalue weighted by molar-refractivity contribution is 0.153. The van der Waals surface area contributed by atoms with Crippen molar-refractivity contribution in [3.8, 4) is 11.5 Å². The number of ether oxygens (including phenoxy) is 2. The van der Waals surface area contributed by atoms with Gasteiger partial charge in [-0.15, -0.1) is 0 Å². The number of aryl methyl sites for hydroxylation is 1. The molecule has 5 heteroatoms. The summed E-state index contributed by atoms with van der Waals surface area (Å²) in [6, 6.07) is 4.07. The molecule has 1 fully saturated rings. The van der Waals surface area contributed by atoms with Crippen LogP contribution in [0.15, 0.2) is 16.6 Å². The number of nitrogens with zero attached hydrogens (tertiary/aromatic N) is 2. The monoisotopic (exact) mass is 356 g/mol. The van der Waals surface area contributed by atoms with Gasteiger partial charge in [0.2, 0.25) is 0 Å². The van der Waals surface area contributed by atoms with Gasteiger partial charge in [-0.2, -0.15) is 0 Å². The summed E-state index contributed by atoms with van der Waals surface area (Å²) in [6.07, 6.45) is 2.21. The van der Waals surface area contributed by atoms with Gasteiger partial charge in [-0.1, -0.05) is 15.9 Å². The van der Waals surface area contributed by atoms with E-state index in [0.717, 1.165) is 35.4 Å². The van der Waals surface area contributed by atoms with E-state index in [1.54, 1.807) is 14.2 Å². The Kier molecular flexibility index (Phi) is 6.33. The van der Waals surface area contributed by atoms with Crippen LogP contribution in [-0.4, -0.2) is 63.8 Å². The predicted octanol–water partition coefficient (Wildman–Crippen LogP) is 2.65. The highest BCUT2D eigenvalue weighted by Gasteiger charge is 2.14. The molecule has 0 aromatic heterocycles. The highest BCUT2D eigenvalue weighted by atomic mass is 79.9. The van der Waals surface area contributed by atoms with E-state index in [1.807, 2.05) is 6.07 Å². The molecule has 0 radical (unpaired) electrons. The van der Waals surface area contributed by atoms with Gasteiger partial charge in [0.05, 0.1) is 14.2 Å². The number of likely N-dealkylation sites (N-methyl/N-ethyl adjacent to an activating group) is 1. The first-order valence-electron chi connectivity index (χ1n) is 7.45. The first-order valence-corrected chi connectivity index (χ1v) is 8.24. The van der Waals surface area contributed by atoms with Crippen molar-refractivity contribution in [3.63, 3.8) is 0 Å². The fourth-order valence-electron chi connectivity index (χ4n) is 2.65. The van der Waals surface area contributed by atoms with E-state index in [0.29, 0.717) is 0 Å². The van der Waals surface area contributed by atoms with Crippen LogP contribution in [0.3, 0.4) is 0 Å². The smallest absolute Gasteiger partial charge is 0.161 e. The quantitative estimate of drug-likeness (QED) is 0.782. The third kappa shape index (κ3) is 4.59. The van der Waals surface area contributed by atoms with E-state index in [9.17, 15) is 0 Å². The van der Waals surface area contributed by atoms with Crippen LogP contribution in [0, 0.1) is 0 Å². The van der Waals surface area contributed by atoms with Gasteiger partial charge in [0.25, 0.3) is 0 Å². The number of rotatable bonds is 6. The maximum Gasteiger partial charge on any atom is 0.161 e. The first kappa shape index (κ1) is 16.6. The molecule has 0 spiro atoms. The number of halogens is 1. The minimum absolute atomic E-state index is 0.771. The molecule has 0 amide bonds. The summed E-state index contributed by atoms with van der Waals surface area (Å²) in [5.74, 6) is 1.57. The van der Waals surface area contributed by atoms with Crippen molar-refractivity contribution in [1.82, 2.24) is 9.80 Å². The van der Waals surface area contributed by atoms with E-state index in [1.165, 1.54) is 31.7 Å². The zero-order valence-corrected chi connectivity index (χ0v) is 14.8. The number of piperazine rings is 1. The standard InChI is InChI=1S/C16H25BrN2O2/c1-18-7-9-19(10-8-18)6-4-5-13-11-15(20-2)16(21-3)12-14(13)17/h11-12H,4-10H2,1-3H3. The van der Waals surface area contributed by atoms with Gasteiger partial charge in [0.1, 0.15) is 0 Å². The maximum absolute atomic E-state index is 5.38. The van der Waals surface area contributed by atoms with Crippen molar-refractivity contribution in [2.24, 2.45) is 0 Å². The van der Waals surface area contributed by atoms with Crippen molar-refractivity contribution in [2.75, 3.05) is 54.0 Å². The Bertz CT molecular complexity index is 460. The Balaban J connectivity index is 1.88. The predicted molar refractivity (Wildman–Crippen MR) is 89.5 cm³/mol. The molecule has 21 heavy (non-hydrogen) atoms. The van der Waals surface area contributed by atoms with E-state index >= 15 is 0 Å². The average molecular weight is 357 g/mol. The molecule has 1 aliphatic rings. The molecule has 1 aromatic carbocycles. The van der Waals surface area contributed by atoms with Crippen LogP contribution in [0.5, 0.6) is 11.5 Å². The largest absolute Gasteiger partial charge is 0.493 e. The fraction of sp³-hybridized carbons (Fsp3) is 0.625. The molecule has 0 N–H and O–H groups in total. The Labute approximate surface area is 136 Å². The van der Waals surface area contributed by atoms with E-state index < -0.39 is 0 Å². The molecule has 0 bridgehead atoms. The minimum atomic E-state index is 0.771. The summed E-state index contributed by atoms with van der Waals surface area (Å²) >= 11 is 3.63. The Morgan fingerprint density at radius 2 is 1.67 bits per heavy atom. The minimum Gasteiger partial charge on any atom is -0.493 e. The molecule has 1 saturated heterocycles.